The molecule has 0 unspecified atom stereocenters. The zero-order chi connectivity index (χ0) is 8.55. The number of hydrogen-bond donors (Lipinski definition) is 0. The molecule has 1 nitrogen and oxygen atoms in total. The second kappa shape index (κ2) is 2.72. The Bertz CT molecular complexity index is 428. The maximum Gasteiger partial charge on any atom is 0.160 e. The van der Waals surface area contributed by atoms with Gasteiger partial charge in [0.25, 0.3) is 0 Å². The molecule has 12 heavy (non-hydrogen) atoms. The lowest BCUT2D eigenvalue weighted by molar-refractivity contribution is 0.112. The third kappa shape index (κ3) is 1.04. The summed E-state index contributed by atoms with van der Waals surface area (Å²) in [7, 11) is 0. The van der Waals surface area contributed by atoms with Crippen LogP contribution in [0.15, 0.2) is 24.3 Å². The van der Waals surface area contributed by atoms with Gasteiger partial charge in [0.2, 0.25) is 0 Å². The van der Waals surface area contributed by atoms with E-state index in [1.165, 1.54) is 15.6 Å². The van der Waals surface area contributed by atoms with Gasteiger partial charge in [-0.25, -0.2) is 0 Å². The number of aryl methyl sites for hydroxylation is 1. The fraction of sp³-hybridized carbons (Fsp3) is 0.100. The number of hydrogen-bond acceptors (Lipinski definition) is 2. The Balaban J connectivity index is 2.82. The highest BCUT2D eigenvalue weighted by atomic mass is 32.1. The van der Waals surface area contributed by atoms with Gasteiger partial charge in [-0.15, -0.1) is 11.3 Å². The number of carbonyl (C=O) groups is 1. The number of fused-ring (bicyclic) bond motifs is 1. The van der Waals surface area contributed by atoms with Crippen LogP contribution in [0, 0.1) is 6.92 Å². The second-order valence-corrected chi connectivity index (χ2v) is 3.87. The van der Waals surface area contributed by atoms with Crippen LogP contribution in [0.4, 0.5) is 0 Å². The third-order valence-electron chi connectivity index (χ3n) is 1.91. The quantitative estimate of drug-likeness (QED) is 0.610. The molecule has 2 heteroatoms. The Labute approximate surface area is 74.6 Å². The molecule has 60 valence electrons. The first kappa shape index (κ1) is 7.50. The molecule has 1 aromatic heterocycles. The molecule has 0 aliphatic heterocycles. The Morgan fingerprint density at radius 2 is 2.25 bits per heavy atom. The molecule has 0 amide bonds. The summed E-state index contributed by atoms with van der Waals surface area (Å²) < 4.78 is 1.19. The van der Waals surface area contributed by atoms with Crippen LogP contribution in [0.2, 0.25) is 0 Å². The first-order valence-electron chi connectivity index (χ1n) is 3.75. The molecule has 1 heterocycles. The van der Waals surface area contributed by atoms with Crippen LogP contribution < -0.4 is 0 Å². The van der Waals surface area contributed by atoms with Gasteiger partial charge in [-0.1, -0.05) is 12.1 Å². The summed E-state index contributed by atoms with van der Waals surface area (Å²) in [4.78, 5) is 11.3. The van der Waals surface area contributed by atoms with Crippen molar-refractivity contribution >= 4 is 27.7 Å². The van der Waals surface area contributed by atoms with E-state index >= 15 is 0 Å². The Morgan fingerprint density at radius 3 is 2.92 bits per heavy atom. The topological polar surface area (TPSA) is 17.1 Å². The highest BCUT2D eigenvalue weighted by molar-refractivity contribution is 7.20. The van der Waals surface area contributed by atoms with Crippen molar-refractivity contribution in [2.24, 2.45) is 0 Å². The second-order valence-electron chi connectivity index (χ2n) is 2.75. The molecule has 0 fully saturated rings. The predicted octanol–water partition coefficient (Wildman–Crippen LogP) is 3.02. The fourth-order valence-corrected chi connectivity index (χ4v) is 2.24. The number of thiophene rings is 1. The van der Waals surface area contributed by atoms with Crippen LogP contribution in [0.25, 0.3) is 10.1 Å². The molecule has 0 saturated carbocycles. The van der Waals surface area contributed by atoms with E-state index in [9.17, 15) is 4.79 Å². The van der Waals surface area contributed by atoms with Gasteiger partial charge < -0.3 is 0 Å². The SMILES string of the molecule is Cc1cccc2sc(C=O)cc12. The summed E-state index contributed by atoms with van der Waals surface area (Å²) >= 11 is 1.54. The molecule has 0 atom stereocenters. The van der Waals surface area contributed by atoms with E-state index in [1.807, 2.05) is 18.2 Å². The van der Waals surface area contributed by atoms with E-state index in [4.69, 9.17) is 0 Å². The molecule has 0 N–H and O–H groups in total. The van der Waals surface area contributed by atoms with E-state index < -0.39 is 0 Å². The van der Waals surface area contributed by atoms with Crippen LogP contribution in [0.5, 0.6) is 0 Å². The van der Waals surface area contributed by atoms with Crippen LogP contribution in [-0.2, 0) is 0 Å². The van der Waals surface area contributed by atoms with Gasteiger partial charge in [0, 0.05) is 4.70 Å². The van der Waals surface area contributed by atoms with Gasteiger partial charge in [-0.2, -0.15) is 0 Å². The number of rotatable bonds is 1. The lowest BCUT2D eigenvalue weighted by atomic mass is 10.1. The van der Waals surface area contributed by atoms with Crippen molar-refractivity contribution in [1.29, 1.82) is 0 Å². The number of benzene rings is 1. The van der Waals surface area contributed by atoms with Crippen molar-refractivity contribution in [2.45, 2.75) is 6.92 Å². The number of carbonyl (C=O) groups excluding carboxylic acids is 1. The van der Waals surface area contributed by atoms with Gasteiger partial charge in [-0.05, 0) is 30.0 Å². The van der Waals surface area contributed by atoms with E-state index in [-0.39, 0.29) is 0 Å². The third-order valence-corrected chi connectivity index (χ3v) is 2.94. The van der Waals surface area contributed by atoms with Crippen molar-refractivity contribution in [3.8, 4) is 0 Å². The van der Waals surface area contributed by atoms with E-state index in [0.717, 1.165) is 11.2 Å². The standard InChI is InChI=1S/C10H8OS/c1-7-3-2-4-10-9(7)5-8(6-11)12-10/h2-6H,1H3. The molecule has 0 aliphatic rings. The van der Waals surface area contributed by atoms with Gasteiger partial charge in [0.1, 0.15) is 0 Å². The molecule has 0 bridgehead atoms. The molecule has 0 spiro atoms. The largest absolute Gasteiger partial charge is 0.297 e. The molecule has 0 radical (unpaired) electrons. The van der Waals surface area contributed by atoms with E-state index in [1.54, 1.807) is 11.3 Å². The Hall–Kier alpha value is -1.15. The molecular weight excluding hydrogens is 168 g/mol. The Morgan fingerprint density at radius 1 is 1.42 bits per heavy atom. The van der Waals surface area contributed by atoms with Crippen LogP contribution >= 0.6 is 11.3 Å². The highest BCUT2D eigenvalue weighted by Gasteiger charge is 2.01. The smallest absolute Gasteiger partial charge is 0.160 e. The van der Waals surface area contributed by atoms with Crippen molar-refractivity contribution < 1.29 is 4.79 Å². The summed E-state index contributed by atoms with van der Waals surface area (Å²) in [5.74, 6) is 0. The van der Waals surface area contributed by atoms with Crippen molar-refractivity contribution in [3.63, 3.8) is 0 Å². The van der Waals surface area contributed by atoms with Crippen LogP contribution in [0.1, 0.15) is 15.2 Å². The fourth-order valence-electron chi connectivity index (χ4n) is 1.28. The highest BCUT2D eigenvalue weighted by Crippen LogP contribution is 2.26. The molecule has 2 rings (SSSR count). The first-order valence-corrected chi connectivity index (χ1v) is 4.57. The maximum atomic E-state index is 10.5. The molecule has 2 aromatic rings. The normalized spacial score (nSPS) is 10.4. The van der Waals surface area contributed by atoms with E-state index in [2.05, 4.69) is 13.0 Å². The summed E-state index contributed by atoms with van der Waals surface area (Å²) in [5, 5.41) is 1.20. The van der Waals surface area contributed by atoms with E-state index in [0.29, 0.717) is 0 Å². The predicted molar refractivity (Wildman–Crippen MR) is 51.9 cm³/mol. The molecule has 0 aliphatic carbocycles. The minimum Gasteiger partial charge on any atom is -0.297 e. The lowest BCUT2D eigenvalue weighted by Crippen LogP contribution is -1.70. The summed E-state index contributed by atoms with van der Waals surface area (Å²) in [5.41, 5.74) is 1.23. The zero-order valence-electron chi connectivity index (χ0n) is 6.70. The van der Waals surface area contributed by atoms with Gasteiger partial charge in [0.05, 0.1) is 4.88 Å². The maximum absolute atomic E-state index is 10.5. The Kier molecular flexibility index (Phi) is 1.70. The minimum absolute atomic E-state index is 0.805. The summed E-state index contributed by atoms with van der Waals surface area (Å²) in [6, 6.07) is 8.06. The molecule has 1 aromatic carbocycles. The minimum atomic E-state index is 0.805. The average Bonchev–Trinajstić information content (AvgIpc) is 2.49. The lowest BCUT2D eigenvalue weighted by Gasteiger charge is -1.91. The average molecular weight is 176 g/mol. The van der Waals surface area contributed by atoms with Gasteiger partial charge in [-0.3, -0.25) is 4.79 Å². The number of aldehydes is 1. The van der Waals surface area contributed by atoms with Crippen molar-refractivity contribution in [2.75, 3.05) is 0 Å². The van der Waals surface area contributed by atoms with Gasteiger partial charge in [0.15, 0.2) is 6.29 Å². The summed E-state index contributed by atoms with van der Waals surface area (Å²) in [6.45, 7) is 2.06. The van der Waals surface area contributed by atoms with Gasteiger partial charge >= 0.3 is 0 Å². The monoisotopic (exact) mass is 176 g/mol. The molecular formula is C10H8OS. The van der Waals surface area contributed by atoms with Crippen molar-refractivity contribution in [3.05, 3.63) is 34.7 Å². The van der Waals surface area contributed by atoms with Crippen LogP contribution in [0.3, 0.4) is 0 Å². The van der Waals surface area contributed by atoms with Crippen LogP contribution in [-0.4, -0.2) is 6.29 Å². The first-order chi connectivity index (χ1) is 5.81. The van der Waals surface area contributed by atoms with Crippen molar-refractivity contribution in [1.82, 2.24) is 0 Å². The summed E-state index contributed by atoms with van der Waals surface area (Å²) in [6.07, 6.45) is 0.907. The molecule has 0 saturated heterocycles. The zero-order valence-corrected chi connectivity index (χ0v) is 7.52.